The van der Waals surface area contributed by atoms with Crippen molar-refractivity contribution in [2.45, 2.75) is 26.2 Å². The Morgan fingerprint density at radius 2 is 1.97 bits per heavy atom. The number of rotatable bonds is 6. The third-order valence-electron chi connectivity index (χ3n) is 5.69. The fraction of sp³-hybridized carbons (Fsp3) is 0.435. The minimum atomic E-state index is -0.963. The zero-order valence-corrected chi connectivity index (χ0v) is 18.1. The Labute approximate surface area is 180 Å². The highest BCUT2D eigenvalue weighted by molar-refractivity contribution is 6.12. The van der Waals surface area contributed by atoms with E-state index in [0.29, 0.717) is 29.0 Å². The molecule has 0 bridgehead atoms. The van der Waals surface area contributed by atoms with Gasteiger partial charge in [-0.3, -0.25) is 9.59 Å². The summed E-state index contributed by atoms with van der Waals surface area (Å²) in [5.41, 5.74) is 2.36. The summed E-state index contributed by atoms with van der Waals surface area (Å²) in [4.78, 5) is 38.9. The summed E-state index contributed by atoms with van der Waals surface area (Å²) < 4.78 is 15.2. The van der Waals surface area contributed by atoms with Crippen LogP contribution in [-0.4, -0.2) is 50.3 Å². The number of phenolic OH excluding ortho intramolecular Hbond substituents is 1. The Hall–Kier alpha value is -3.13. The number of esters is 2. The van der Waals surface area contributed by atoms with Gasteiger partial charge in [0.2, 0.25) is 0 Å². The van der Waals surface area contributed by atoms with Gasteiger partial charge < -0.3 is 24.6 Å². The van der Waals surface area contributed by atoms with E-state index in [-0.39, 0.29) is 30.5 Å². The largest absolute Gasteiger partial charge is 0.508 e. The lowest BCUT2D eigenvalue weighted by Gasteiger charge is -2.38. The average molecular weight is 429 g/mol. The highest BCUT2D eigenvalue weighted by atomic mass is 16.6. The summed E-state index contributed by atoms with van der Waals surface area (Å²) in [7, 11) is 2.75. The molecule has 0 saturated heterocycles. The van der Waals surface area contributed by atoms with Gasteiger partial charge >= 0.3 is 11.9 Å². The van der Waals surface area contributed by atoms with Crippen molar-refractivity contribution in [3.05, 3.63) is 52.4 Å². The highest BCUT2D eigenvalue weighted by Crippen LogP contribution is 2.45. The van der Waals surface area contributed by atoms with Crippen LogP contribution in [0.25, 0.3) is 0 Å². The van der Waals surface area contributed by atoms with Gasteiger partial charge in [0.15, 0.2) is 5.78 Å². The SMILES string of the molecule is COCCOC(=O)C1=C(C)NC2=C(C(=O)C(C(=O)OC)C(C)C2)C1c1cccc(O)c1. The zero-order chi connectivity index (χ0) is 22.7. The van der Waals surface area contributed by atoms with Crippen molar-refractivity contribution in [3.8, 4) is 5.75 Å². The molecule has 31 heavy (non-hydrogen) atoms. The molecule has 8 nitrogen and oxygen atoms in total. The number of Topliss-reactive ketones (excluding diaryl/α,β-unsaturated/α-hetero) is 1. The maximum Gasteiger partial charge on any atom is 0.336 e. The quantitative estimate of drug-likeness (QED) is 0.402. The van der Waals surface area contributed by atoms with Crippen LogP contribution in [0.3, 0.4) is 0 Å². The molecule has 0 aromatic heterocycles. The minimum Gasteiger partial charge on any atom is -0.508 e. The van der Waals surface area contributed by atoms with Crippen molar-refractivity contribution in [3.63, 3.8) is 0 Å². The molecule has 1 aromatic carbocycles. The lowest BCUT2D eigenvalue weighted by molar-refractivity contribution is -0.151. The number of dihydropyridines is 1. The first-order chi connectivity index (χ1) is 14.8. The van der Waals surface area contributed by atoms with E-state index in [0.717, 1.165) is 0 Å². The number of nitrogens with one attached hydrogen (secondary N) is 1. The number of benzene rings is 1. The predicted molar refractivity (Wildman–Crippen MR) is 111 cm³/mol. The van der Waals surface area contributed by atoms with E-state index in [4.69, 9.17) is 14.2 Å². The molecular formula is C23H27NO7. The molecule has 3 atom stereocenters. The lowest BCUT2D eigenvalue weighted by atomic mass is 9.69. The van der Waals surface area contributed by atoms with Crippen LogP contribution in [0.15, 0.2) is 46.8 Å². The van der Waals surface area contributed by atoms with Crippen LogP contribution in [0.1, 0.15) is 31.7 Å². The summed E-state index contributed by atoms with van der Waals surface area (Å²) in [5, 5.41) is 13.2. The van der Waals surface area contributed by atoms with Gasteiger partial charge in [0, 0.05) is 30.0 Å². The van der Waals surface area contributed by atoms with Crippen LogP contribution >= 0.6 is 0 Å². The summed E-state index contributed by atoms with van der Waals surface area (Å²) in [5.74, 6) is -3.60. The average Bonchev–Trinajstić information content (AvgIpc) is 2.72. The normalized spacial score (nSPS) is 23.2. The topological polar surface area (TPSA) is 111 Å². The van der Waals surface area contributed by atoms with E-state index in [9.17, 15) is 19.5 Å². The number of hydrogen-bond donors (Lipinski definition) is 2. The molecule has 3 rings (SSSR count). The molecule has 0 fully saturated rings. The molecule has 0 spiro atoms. The Balaban J connectivity index is 2.12. The standard InChI is InChI=1S/C23H27NO7/c1-12-10-16-20(21(26)17(12)22(27)30-4)19(14-6-5-7-15(25)11-14)18(13(2)24-16)23(28)31-9-8-29-3/h5-7,11-12,17,19,24-25H,8-10H2,1-4H3. The maximum absolute atomic E-state index is 13.5. The minimum absolute atomic E-state index is 0.00378. The molecule has 0 radical (unpaired) electrons. The lowest BCUT2D eigenvalue weighted by Crippen LogP contribution is -2.43. The van der Waals surface area contributed by atoms with Crippen molar-refractivity contribution < 1.29 is 33.7 Å². The number of hydrogen-bond acceptors (Lipinski definition) is 8. The first-order valence-electron chi connectivity index (χ1n) is 10.1. The molecular weight excluding hydrogens is 402 g/mol. The fourth-order valence-corrected chi connectivity index (χ4v) is 4.28. The molecule has 3 unspecified atom stereocenters. The van der Waals surface area contributed by atoms with Gasteiger partial charge in [-0.1, -0.05) is 19.1 Å². The van der Waals surface area contributed by atoms with Crippen LogP contribution in [0, 0.1) is 11.8 Å². The molecule has 1 heterocycles. The van der Waals surface area contributed by atoms with Crippen LogP contribution < -0.4 is 5.32 Å². The van der Waals surface area contributed by atoms with Crippen LogP contribution in [0.4, 0.5) is 0 Å². The fourth-order valence-electron chi connectivity index (χ4n) is 4.28. The zero-order valence-electron chi connectivity index (χ0n) is 18.1. The number of phenols is 1. The monoisotopic (exact) mass is 429 g/mol. The molecule has 0 amide bonds. The molecule has 0 saturated carbocycles. The smallest absolute Gasteiger partial charge is 0.336 e. The van der Waals surface area contributed by atoms with Crippen molar-refractivity contribution in [1.82, 2.24) is 5.32 Å². The molecule has 1 aromatic rings. The van der Waals surface area contributed by atoms with Gasteiger partial charge in [0.05, 0.1) is 19.3 Å². The van der Waals surface area contributed by atoms with E-state index in [1.807, 2.05) is 6.92 Å². The van der Waals surface area contributed by atoms with Crippen molar-refractivity contribution in [2.24, 2.45) is 11.8 Å². The van der Waals surface area contributed by atoms with Gasteiger partial charge in [0.25, 0.3) is 0 Å². The first kappa shape index (κ1) is 22.6. The number of ketones is 1. The number of carbonyl (C=O) groups excluding carboxylic acids is 3. The van der Waals surface area contributed by atoms with Gasteiger partial charge in [-0.15, -0.1) is 0 Å². The Kier molecular flexibility index (Phi) is 6.80. The number of carbonyl (C=O) groups is 3. The van der Waals surface area contributed by atoms with Gasteiger partial charge in [0.1, 0.15) is 18.3 Å². The van der Waals surface area contributed by atoms with Crippen molar-refractivity contribution in [2.75, 3.05) is 27.4 Å². The number of methoxy groups -OCH3 is 2. The Bertz CT molecular complexity index is 962. The van der Waals surface area contributed by atoms with E-state index in [2.05, 4.69) is 5.32 Å². The third-order valence-corrected chi connectivity index (χ3v) is 5.69. The first-order valence-corrected chi connectivity index (χ1v) is 10.1. The van der Waals surface area contributed by atoms with E-state index >= 15 is 0 Å². The Morgan fingerprint density at radius 1 is 1.23 bits per heavy atom. The van der Waals surface area contributed by atoms with E-state index < -0.39 is 29.6 Å². The third kappa shape index (κ3) is 4.34. The second-order valence-corrected chi connectivity index (χ2v) is 7.76. The van der Waals surface area contributed by atoms with Crippen molar-refractivity contribution in [1.29, 1.82) is 0 Å². The van der Waals surface area contributed by atoms with Crippen LogP contribution in [0.5, 0.6) is 5.75 Å². The van der Waals surface area contributed by atoms with Crippen molar-refractivity contribution >= 4 is 17.7 Å². The van der Waals surface area contributed by atoms with Gasteiger partial charge in [-0.2, -0.15) is 0 Å². The second-order valence-electron chi connectivity index (χ2n) is 7.76. The Morgan fingerprint density at radius 3 is 2.61 bits per heavy atom. The summed E-state index contributed by atoms with van der Waals surface area (Å²) in [6.07, 6.45) is 0.444. The number of ether oxygens (including phenoxy) is 3. The summed E-state index contributed by atoms with van der Waals surface area (Å²) in [6.45, 7) is 3.85. The second kappa shape index (κ2) is 9.34. The van der Waals surface area contributed by atoms with Crippen LogP contribution in [-0.2, 0) is 28.6 Å². The predicted octanol–water partition coefficient (Wildman–Crippen LogP) is 2.19. The summed E-state index contributed by atoms with van der Waals surface area (Å²) >= 11 is 0. The van der Waals surface area contributed by atoms with Crippen LogP contribution in [0.2, 0.25) is 0 Å². The molecule has 2 N–H and O–H groups in total. The molecule has 2 aliphatic rings. The highest BCUT2D eigenvalue weighted by Gasteiger charge is 2.47. The molecule has 1 aliphatic carbocycles. The molecule has 166 valence electrons. The number of aromatic hydroxyl groups is 1. The molecule has 8 heteroatoms. The van der Waals surface area contributed by atoms with E-state index in [1.165, 1.54) is 26.4 Å². The maximum atomic E-state index is 13.5. The van der Waals surface area contributed by atoms with E-state index in [1.54, 1.807) is 19.1 Å². The van der Waals surface area contributed by atoms with Gasteiger partial charge in [-0.05, 0) is 37.0 Å². The van der Waals surface area contributed by atoms with Gasteiger partial charge in [-0.25, -0.2) is 4.79 Å². The molecule has 1 aliphatic heterocycles. The number of allylic oxidation sites excluding steroid dienone is 3. The summed E-state index contributed by atoms with van der Waals surface area (Å²) in [6, 6.07) is 6.39.